The lowest BCUT2D eigenvalue weighted by atomic mass is 10.1. The number of carbonyl (C=O) groups excluding carboxylic acids is 1. The van der Waals surface area contributed by atoms with Crippen molar-refractivity contribution < 1.29 is 9.53 Å². The highest BCUT2D eigenvalue weighted by Crippen LogP contribution is 2.30. The molecule has 2 fully saturated rings. The molecule has 0 aliphatic carbocycles. The number of hydrogen-bond acceptors (Lipinski definition) is 5. The summed E-state index contributed by atoms with van der Waals surface area (Å²) in [5.74, 6) is 1.06. The number of piperazine rings is 1. The summed E-state index contributed by atoms with van der Waals surface area (Å²) in [7, 11) is 0. The fourth-order valence-electron chi connectivity index (χ4n) is 3.32. The third-order valence-corrected chi connectivity index (χ3v) is 4.48. The Morgan fingerprint density at radius 1 is 1.29 bits per heavy atom. The Labute approximate surface area is 144 Å². The van der Waals surface area contributed by atoms with Gasteiger partial charge in [-0.25, -0.2) is 9.78 Å². The van der Waals surface area contributed by atoms with Gasteiger partial charge < -0.3 is 19.9 Å². The van der Waals surface area contributed by atoms with Crippen LogP contribution in [0.25, 0.3) is 0 Å². The largest absolute Gasteiger partial charge is 0.444 e. The van der Waals surface area contributed by atoms with Crippen LogP contribution in [-0.2, 0) is 4.74 Å². The zero-order chi connectivity index (χ0) is 17.2. The summed E-state index contributed by atoms with van der Waals surface area (Å²) in [6, 6.07) is 4.58. The fraction of sp³-hybridized carbons (Fsp3) is 0.667. The van der Waals surface area contributed by atoms with Gasteiger partial charge in [0.05, 0.1) is 0 Å². The molecule has 3 heterocycles. The van der Waals surface area contributed by atoms with Crippen molar-refractivity contribution in [2.24, 2.45) is 0 Å². The number of ether oxygens (including phenoxy) is 1. The number of pyridine rings is 1. The van der Waals surface area contributed by atoms with Gasteiger partial charge in [0.2, 0.25) is 0 Å². The van der Waals surface area contributed by atoms with Gasteiger partial charge >= 0.3 is 6.09 Å². The Hall–Kier alpha value is -1.82. The first-order valence-electron chi connectivity index (χ1n) is 8.85. The van der Waals surface area contributed by atoms with Crippen LogP contribution in [0, 0.1) is 0 Å². The molecular formula is C18H28N4O2. The van der Waals surface area contributed by atoms with Gasteiger partial charge in [-0.1, -0.05) is 6.07 Å². The molecule has 1 N–H and O–H groups in total. The molecule has 0 saturated carbocycles. The van der Waals surface area contributed by atoms with Crippen molar-refractivity contribution in [1.29, 1.82) is 0 Å². The summed E-state index contributed by atoms with van der Waals surface area (Å²) in [6.07, 6.45) is 4.01. The van der Waals surface area contributed by atoms with E-state index in [9.17, 15) is 4.79 Å². The molecule has 24 heavy (non-hydrogen) atoms. The first kappa shape index (κ1) is 17.0. The molecule has 132 valence electrons. The minimum absolute atomic E-state index is 0.221. The standard InChI is InChI=1S/C18H28N4O2/c1-18(2,3)24-17(23)22-12-10-21(11-13-22)16-14(6-4-9-20-16)15-7-5-8-19-15/h4,6,9,15,19H,5,7-8,10-13H2,1-3H3/t15-/m1/s1. The number of hydrogen-bond donors (Lipinski definition) is 1. The topological polar surface area (TPSA) is 57.7 Å². The van der Waals surface area contributed by atoms with Crippen molar-refractivity contribution in [3.63, 3.8) is 0 Å². The molecule has 0 unspecified atom stereocenters. The lowest BCUT2D eigenvalue weighted by Crippen LogP contribution is -2.50. The van der Waals surface area contributed by atoms with Gasteiger partial charge in [-0.3, -0.25) is 0 Å². The highest BCUT2D eigenvalue weighted by Gasteiger charge is 2.28. The van der Waals surface area contributed by atoms with Gasteiger partial charge in [-0.2, -0.15) is 0 Å². The molecule has 2 saturated heterocycles. The van der Waals surface area contributed by atoms with Crippen LogP contribution in [0.4, 0.5) is 10.6 Å². The molecule has 2 aliphatic heterocycles. The summed E-state index contributed by atoms with van der Waals surface area (Å²) in [5, 5.41) is 3.55. The van der Waals surface area contributed by atoms with E-state index < -0.39 is 5.60 Å². The normalized spacial score (nSPS) is 21.9. The quantitative estimate of drug-likeness (QED) is 0.902. The lowest BCUT2D eigenvalue weighted by Gasteiger charge is -2.37. The van der Waals surface area contributed by atoms with Crippen LogP contribution in [0.5, 0.6) is 0 Å². The maximum atomic E-state index is 12.2. The Bertz CT molecular complexity index is 571. The van der Waals surface area contributed by atoms with E-state index in [0.29, 0.717) is 19.1 Å². The molecule has 1 amide bonds. The molecule has 0 spiro atoms. The van der Waals surface area contributed by atoms with Crippen molar-refractivity contribution >= 4 is 11.9 Å². The number of aromatic nitrogens is 1. The highest BCUT2D eigenvalue weighted by atomic mass is 16.6. The van der Waals surface area contributed by atoms with Crippen molar-refractivity contribution in [3.05, 3.63) is 23.9 Å². The summed E-state index contributed by atoms with van der Waals surface area (Å²) < 4.78 is 5.47. The van der Waals surface area contributed by atoms with Gasteiger partial charge in [0, 0.05) is 44.0 Å². The number of nitrogens with zero attached hydrogens (tertiary/aromatic N) is 3. The van der Waals surface area contributed by atoms with Gasteiger partial charge in [0.15, 0.2) is 0 Å². The van der Waals surface area contributed by atoms with Crippen molar-refractivity contribution in [3.8, 4) is 0 Å². The Balaban J connectivity index is 1.64. The Kier molecular flexibility index (Phi) is 4.94. The zero-order valence-electron chi connectivity index (χ0n) is 14.9. The molecule has 1 atom stereocenters. The Morgan fingerprint density at radius 3 is 2.67 bits per heavy atom. The van der Waals surface area contributed by atoms with Crippen LogP contribution in [0.15, 0.2) is 18.3 Å². The minimum Gasteiger partial charge on any atom is -0.444 e. The number of anilines is 1. The predicted molar refractivity (Wildman–Crippen MR) is 94.2 cm³/mol. The lowest BCUT2D eigenvalue weighted by molar-refractivity contribution is 0.0240. The molecule has 0 radical (unpaired) electrons. The fourth-order valence-corrected chi connectivity index (χ4v) is 3.32. The summed E-state index contributed by atoms with van der Waals surface area (Å²) in [6.45, 7) is 9.69. The molecule has 6 nitrogen and oxygen atoms in total. The second-order valence-electron chi connectivity index (χ2n) is 7.52. The summed E-state index contributed by atoms with van der Waals surface area (Å²) in [5.41, 5.74) is 0.831. The summed E-state index contributed by atoms with van der Waals surface area (Å²) in [4.78, 5) is 20.9. The molecule has 0 bridgehead atoms. The second-order valence-corrected chi connectivity index (χ2v) is 7.52. The van der Waals surface area contributed by atoms with E-state index in [4.69, 9.17) is 4.74 Å². The van der Waals surface area contributed by atoms with Crippen LogP contribution < -0.4 is 10.2 Å². The van der Waals surface area contributed by atoms with E-state index in [1.54, 1.807) is 4.90 Å². The second kappa shape index (κ2) is 6.97. The number of amides is 1. The summed E-state index contributed by atoms with van der Waals surface area (Å²) >= 11 is 0. The van der Waals surface area contributed by atoms with Crippen LogP contribution in [0.2, 0.25) is 0 Å². The van der Waals surface area contributed by atoms with E-state index in [1.165, 1.54) is 12.0 Å². The highest BCUT2D eigenvalue weighted by molar-refractivity contribution is 5.68. The van der Waals surface area contributed by atoms with Gasteiger partial charge in [0.1, 0.15) is 11.4 Å². The average Bonchev–Trinajstić information content (AvgIpc) is 3.08. The minimum atomic E-state index is -0.448. The van der Waals surface area contributed by atoms with E-state index in [2.05, 4.69) is 21.3 Å². The van der Waals surface area contributed by atoms with Crippen LogP contribution in [0.3, 0.4) is 0 Å². The smallest absolute Gasteiger partial charge is 0.410 e. The van der Waals surface area contributed by atoms with Crippen molar-refractivity contribution in [1.82, 2.24) is 15.2 Å². The molecule has 6 heteroatoms. The van der Waals surface area contributed by atoms with Crippen LogP contribution >= 0.6 is 0 Å². The zero-order valence-corrected chi connectivity index (χ0v) is 14.9. The number of carbonyl (C=O) groups is 1. The number of nitrogens with one attached hydrogen (secondary N) is 1. The molecule has 0 aromatic carbocycles. The Morgan fingerprint density at radius 2 is 2.04 bits per heavy atom. The SMILES string of the molecule is CC(C)(C)OC(=O)N1CCN(c2ncccc2[C@H]2CCCN2)CC1. The molecule has 3 rings (SSSR count). The maximum absolute atomic E-state index is 12.2. The van der Waals surface area contributed by atoms with Crippen molar-refractivity contribution in [2.45, 2.75) is 45.3 Å². The molecule has 2 aliphatic rings. The first-order valence-corrected chi connectivity index (χ1v) is 8.85. The van der Waals surface area contributed by atoms with E-state index >= 15 is 0 Å². The third-order valence-electron chi connectivity index (χ3n) is 4.48. The van der Waals surface area contributed by atoms with E-state index in [-0.39, 0.29) is 6.09 Å². The van der Waals surface area contributed by atoms with Gasteiger partial charge in [-0.05, 0) is 46.2 Å². The monoisotopic (exact) mass is 332 g/mol. The molecular weight excluding hydrogens is 304 g/mol. The van der Waals surface area contributed by atoms with Gasteiger partial charge in [0.25, 0.3) is 0 Å². The first-order chi connectivity index (χ1) is 11.4. The molecule has 1 aromatic heterocycles. The van der Waals surface area contributed by atoms with E-state index in [1.807, 2.05) is 33.0 Å². The predicted octanol–water partition coefficient (Wildman–Crippen LogP) is 2.56. The molecule has 1 aromatic rings. The van der Waals surface area contributed by atoms with Crippen LogP contribution in [0.1, 0.15) is 45.2 Å². The average molecular weight is 332 g/mol. The van der Waals surface area contributed by atoms with Crippen LogP contribution in [-0.4, -0.2) is 54.3 Å². The number of rotatable bonds is 2. The van der Waals surface area contributed by atoms with E-state index in [0.717, 1.165) is 31.9 Å². The van der Waals surface area contributed by atoms with Gasteiger partial charge in [-0.15, -0.1) is 0 Å². The maximum Gasteiger partial charge on any atom is 0.410 e. The van der Waals surface area contributed by atoms with Crippen molar-refractivity contribution in [2.75, 3.05) is 37.6 Å². The third kappa shape index (κ3) is 3.98.